The van der Waals surface area contributed by atoms with Crippen LogP contribution in [0.3, 0.4) is 0 Å². The van der Waals surface area contributed by atoms with E-state index < -0.39 is 16.3 Å². The fourth-order valence-corrected chi connectivity index (χ4v) is 1.37. The molecule has 16 heavy (non-hydrogen) atoms. The topological polar surface area (TPSA) is 130 Å². The molecule has 0 aliphatic rings. The second kappa shape index (κ2) is 6.50. The van der Waals surface area contributed by atoms with Crippen molar-refractivity contribution in [1.29, 1.82) is 0 Å². The fraction of sp³-hybridized carbons (Fsp3) is 0.667. The van der Waals surface area contributed by atoms with Gasteiger partial charge in [0.15, 0.2) is 0 Å². The molecule has 0 aromatic rings. The van der Waals surface area contributed by atoms with Crippen molar-refractivity contribution in [3.63, 3.8) is 0 Å². The maximum atomic E-state index is 11.2. The molecule has 0 atom stereocenters. The molecule has 9 nitrogen and oxygen atoms in total. The standard InChI is InChI=1S/C6H13N3O6S/c1-2-8(12)9(7)16(13,14)15-6(11)4-3-5-10/h5,12H,2-4,7H2,1H3. The van der Waals surface area contributed by atoms with Gasteiger partial charge in [0.2, 0.25) is 0 Å². The van der Waals surface area contributed by atoms with Gasteiger partial charge in [0.25, 0.3) is 0 Å². The van der Waals surface area contributed by atoms with Crippen LogP contribution in [0.1, 0.15) is 19.8 Å². The highest BCUT2D eigenvalue weighted by molar-refractivity contribution is 7.84. The van der Waals surface area contributed by atoms with Crippen LogP contribution in [0.4, 0.5) is 0 Å². The first-order chi connectivity index (χ1) is 7.35. The number of hydrogen-bond acceptors (Lipinski definition) is 8. The van der Waals surface area contributed by atoms with Crippen LogP contribution in [0, 0.1) is 0 Å². The minimum atomic E-state index is -4.58. The maximum absolute atomic E-state index is 11.2. The van der Waals surface area contributed by atoms with Gasteiger partial charge in [0, 0.05) is 13.0 Å². The number of carbonyl (C=O) groups is 2. The van der Waals surface area contributed by atoms with E-state index in [0.29, 0.717) is 6.29 Å². The van der Waals surface area contributed by atoms with Gasteiger partial charge in [-0.05, 0) is 11.4 Å². The predicted molar refractivity (Wildman–Crippen MR) is 50.5 cm³/mol. The zero-order valence-corrected chi connectivity index (χ0v) is 9.38. The Bertz CT molecular complexity index is 342. The molecule has 0 saturated heterocycles. The molecule has 0 fully saturated rings. The van der Waals surface area contributed by atoms with Crippen molar-refractivity contribution >= 4 is 22.6 Å². The number of hydroxylamine groups is 1. The quantitative estimate of drug-likeness (QED) is 0.321. The van der Waals surface area contributed by atoms with Crippen LogP contribution < -0.4 is 5.84 Å². The van der Waals surface area contributed by atoms with Gasteiger partial charge < -0.3 is 8.98 Å². The molecule has 0 saturated carbocycles. The Balaban J connectivity index is 4.45. The van der Waals surface area contributed by atoms with Gasteiger partial charge in [0.05, 0.1) is 6.42 Å². The number of rotatable bonds is 7. The van der Waals surface area contributed by atoms with Gasteiger partial charge in [-0.3, -0.25) is 10.0 Å². The van der Waals surface area contributed by atoms with Crippen molar-refractivity contribution in [1.82, 2.24) is 9.70 Å². The number of nitrogens with zero attached hydrogens (tertiary/aromatic N) is 2. The van der Waals surface area contributed by atoms with Crippen LogP contribution in [-0.4, -0.2) is 42.1 Å². The van der Waals surface area contributed by atoms with E-state index in [1.807, 2.05) is 0 Å². The smallest absolute Gasteiger partial charge is 0.332 e. The van der Waals surface area contributed by atoms with E-state index >= 15 is 0 Å². The summed E-state index contributed by atoms with van der Waals surface area (Å²) in [5.74, 6) is 3.82. The van der Waals surface area contributed by atoms with E-state index in [1.54, 1.807) is 0 Å². The van der Waals surface area contributed by atoms with Crippen LogP contribution in [0.15, 0.2) is 0 Å². The van der Waals surface area contributed by atoms with Crippen molar-refractivity contribution in [2.75, 3.05) is 6.54 Å². The first-order valence-corrected chi connectivity index (χ1v) is 5.64. The fourth-order valence-electron chi connectivity index (χ4n) is 0.629. The molecule has 0 radical (unpaired) electrons. The number of hydrazine groups is 2. The Kier molecular flexibility index (Phi) is 6.06. The molecule has 0 aromatic carbocycles. The highest BCUT2D eigenvalue weighted by Crippen LogP contribution is 2.03. The Morgan fingerprint density at radius 2 is 2.12 bits per heavy atom. The first kappa shape index (κ1) is 14.9. The molecule has 0 spiro atoms. The molecule has 3 N–H and O–H groups in total. The molecule has 10 heteroatoms. The summed E-state index contributed by atoms with van der Waals surface area (Å²) in [5.41, 5.74) is 0. The lowest BCUT2D eigenvalue weighted by Gasteiger charge is -2.21. The number of nitrogens with two attached hydrogens (primary N) is 1. The monoisotopic (exact) mass is 255 g/mol. The largest absolute Gasteiger partial charge is 0.416 e. The van der Waals surface area contributed by atoms with Gasteiger partial charge in [-0.25, -0.2) is 5.84 Å². The summed E-state index contributed by atoms with van der Waals surface area (Å²) in [6.45, 7) is 1.30. The van der Waals surface area contributed by atoms with Crippen molar-refractivity contribution in [2.45, 2.75) is 19.8 Å². The first-order valence-electron chi connectivity index (χ1n) is 4.27. The average molecular weight is 255 g/mol. The average Bonchev–Trinajstić information content (AvgIpc) is 2.23. The lowest BCUT2D eigenvalue weighted by molar-refractivity contribution is -0.205. The second-order valence-electron chi connectivity index (χ2n) is 2.58. The van der Waals surface area contributed by atoms with Gasteiger partial charge >= 0.3 is 16.3 Å². The van der Waals surface area contributed by atoms with E-state index in [2.05, 4.69) is 4.18 Å². The van der Waals surface area contributed by atoms with E-state index in [-0.39, 0.29) is 29.1 Å². The summed E-state index contributed by atoms with van der Waals surface area (Å²) in [4.78, 5) is 20.8. The Hall–Kier alpha value is -1.07. The summed E-state index contributed by atoms with van der Waals surface area (Å²) >= 11 is 0. The number of aldehydes is 1. The summed E-state index contributed by atoms with van der Waals surface area (Å²) in [7, 11) is -4.58. The predicted octanol–water partition coefficient (Wildman–Crippen LogP) is -1.44. The van der Waals surface area contributed by atoms with Crippen LogP contribution in [0.2, 0.25) is 0 Å². The molecule has 0 unspecified atom stereocenters. The van der Waals surface area contributed by atoms with Crippen LogP contribution >= 0.6 is 0 Å². The third-order valence-corrected chi connectivity index (χ3v) is 2.45. The highest BCUT2D eigenvalue weighted by atomic mass is 32.2. The molecule has 0 aliphatic carbocycles. The minimum absolute atomic E-state index is 0.119. The SMILES string of the molecule is CCN(O)N(N)S(=O)(=O)OC(=O)CCC=O. The molecule has 0 amide bonds. The van der Waals surface area contributed by atoms with Crippen LogP contribution in [0.5, 0.6) is 0 Å². The zero-order valence-electron chi connectivity index (χ0n) is 8.57. The lowest BCUT2D eigenvalue weighted by Crippen LogP contribution is -2.50. The Morgan fingerprint density at radius 3 is 2.56 bits per heavy atom. The lowest BCUT2D eigenvalue weighted by atomic mass is 10.3. The van der Waals surface area contributed by atoms with Crippen molar-refractivity contribution < 1.29 is 27.4 Å². The van der Waals surface area contributed by atoms with E-state index in [4.69, 9.17) is 11.0 Å². The normalized spacial score (nSPS) is 11.8. The molecule has 0 rings (SSSR count). The van der Waals surface area contributed by atoms with Gasteiger partial charge in [-0.2, -0.15) is 8.42 Å². The van der Waals surface area contributed by atoms with Crippen molar-refractivity contribution in [3.05, 3.63) is 0 Å². The highest BCUT2D eigenvalue weighted by Gasteiger charge is 2.27. The van der Waals surface area contributed by atoms with E-state index in [9.17, 15) is 18.0 Å². The molecular formula is C6H13N3O6S. The Labute approximate surface area is 92.5 Å². The molecule has 0 bridgehead atoms. The third kappa shape index (κ3) is 4.63. The third-order valence-electron chi connectivity index (χ3n) is 1.40. The molecule has 0 aliphatic heterocycles. The second-order valence-corrected chi connectivity index (χ2v) is 3.98. The Morgan fingerprint density at radius 1 is 1.56 bits per heavy atom. The summed E-state index contributed by atoms with van der Waals surface area (Å²) < 4.78 is 26.2. The van der Waals surface area contributed by atoms with Crippen LogP contribution in [0.25, 0.3) is 0 Å². The number of carbonyl (C=O) groups excluding carboxylic acids is 2. The molecular weight excluding hydrogens is 242 g/mol. The summed E-state index contributed by atoms with van der Waals surface area (Å²) in [5, 5.41) is 9.10. The minimum Gasteiger partial charge on any atom is -0.332 e. The molecule has 0 aromatic heterocycles. The number of hydrogen-bond donors (Lipinski definition) is 2. The summed E-state index contributed by atoms with van der Waals surface area (Å²) in [6, 6.07) is 0. The van der Waals surface area contributed by atoms with Gasteiger partial charge in [-0.15, -0.1) is 0 Å². The zero-order chi connectivity index (χ0) is 12.8. The summed E-state index contributed by atoms with van der Waals surface area (Å²) in [6.07, 6.45) is -0.0951. The molecule has 0 heterocycles. The van der Waals surface area contributed by atoms with E-state index in [1.165, 1.54) is 6.92 Å². The van der Waals surface area contributed by atoms with Gasteiger partial charge in [-0.1, -0.05) is 5.17 Å². The van der Waals surface area contributed by atoms with Crippen molar-refractivity contribution in [3.8, 4) is 0 Å². The van der Waals surface area contributed by atoms with Crippen LogP contribution in [-0.2, 0) is 24.1 Å². The maximum Gasteiger partial charge on any atom is 0.416 e. The van der Waals surface area contributed by atoms with Gasteiger partial charge in [0.1, 0.15) is 6.29 Å². The molecule has 94 valence electrons. The van der Waals surface area contributed by atoms with E-state index in [0.717, 1.165) is 0 Å². The van der Waals surface area contributed by atoms with Crippen molar-refractivity contribution in [2.24, 2.45) is 5.84 Å².